The molecule has 0 spiro atoms. The van der Waals surface area contributed by atoms with E-state index in [1.807, 2.05) is 6.07 Å². The number of aliphatic hydroxyl groups is 2. The Hall–Kier alpha value is -1.59. The van der Waals surface area contributed by atoms with Crippen molar-refractivity contribution in [1.29, 1.82) is 5.26 Å². The lowest BCUT2D eigenvalue weighted by atomic mass is 10.2. The summed E-state index contributed by atoms with van der Waals surface area (Å²) < 4.78 is 4.52. The van der Waals surface area contributed by atoms with Gasteiger partial charge in [-0.3, -0.25) is 0 Å². The second kappa shape index (κ2) is 9.63. The Morgan fingerprint density at radius 3 is 2.18 bits per heavy atom. The average molecular weight is 239 g/mol. The third-order valence-electron chi connectivity index (χ3n) is 1.56. The molecule has 0 atom stereocenters. The molecule has 0 amide bonds. The lowest BCUT2D eigenvalue weighted by Gasteiger charge is -2.04. The van der Waals surface area contributed by atoms with Crippen molar-refractivity contribution in [3.63, 3.8) is 0 Å². The van der Waals surface area contributed by atoms with Crippen LogP contribution in [0.3, 0.4) is 0 Å². The summed E-state index contributed by atoms with van der Waals surface area (Å²) >= 11 is 0. The van der Waals surface area contributed by atoms with Crippen molar-refractivity contribution >= 4 is 7.32 Å². The van der Waals surface area contributed by atoms with Crippen molar-refractivity contribution in [2.75, 3.05) is 13.2 Å². The van der Waals surface area contributed by atoms with Crippen LogP contribution in [0.15, 0.2) is 24.3 Å². The van der Waals surface area contributed by atoms with Gasteiger partial charge in [0.15, 0.2) is 0 Å². The van der Waals surface area contributed by atoms with Crippen LogP contribution in [0.1, 0.15) is 12.0 Å². The summed E-state index contributed by atoms with van der Waals surface area (Å²) in [6.45, 7) is 0.188. The molecule has 17 heavy (non-hydrogen) atoms. The van der Waals surface area contributed by atoms with Crippen molar-refractivity contribution in [2.45, 2.75) is 6.42 Å². The summed E-state index contributed by atoms with van der Waals surface area (Å²) in [5.41, 5.74) is 0.269. The first-order valence-corrected chi connectivity index (χ1v) is 4.89. The molecule has 0 bridgehead atoms. The standard InChI is InChI=1S/C7H6BNO3.C3H8O2/c9-5-6-3-1-2-4-7(6)12-8(10)11;4-2-1-3-5/h1-4,10-11H;4-5H,1-3H2. The lowest BCUT2D eigenvalue weighted by molar-refractivity contribution is 0.221. The van der Waals surface area contributed by atoms with Crippen LogP contribution in [0.4, 0.5) is 0 Å². The van der Waals surface area contributed by atoms with Crippen LogP contribution < -0.4 is 4.65 Å². The number of hydrogen-bond donors (Lipinski definition) is 4. The molecule has 0 fully saturated rings. The van der Waals surface area contributed by atoms with Crippen molar-refractivity contribution < 1.29 is 24.9 Å². The Balaban J connectivity index is 0.000000437. The average Bonchev–Trinajstić information content (AvgIpc) is 2.31. The minimum absolute atomic E-state index is 0.0938. The van der Waals surface area contributed by atoms with Gasteiger partial charge in [-0.05, 0) is 18.6 Å². The number of nitrogens with zero attached hydrogens (tertiary/aromatic N) is 1. The van der Waals surface area contributed by atoms with Gasteiger partial charge in [-0.2, -0.15) is 5.26 Å². The molecule has 1 aromatic carbocycles. The fourth-order valence-electron chi connectivity index (χ4n) is 0.846. The van der Waals surface area contributed by atoms with E-state index in [4.69, 9.17) is 25.5 Å². The minimum atomic E-state index is -1.89. The molecule has 0 saturated carbocycles. The topological polar surface area (TPSA) is 114 Å². The molecular formula is C10H14BNO5. The van der Waals surface area contributed by atoms with E-state index < -0.39 is 7.32 Å². The number of hydrogen-bond acceptors (Lipinski definition) is 6. The van der Waals surface area contributed by atoms with Crippen molar-refractivity contribution in [3.8, 4) is 11.8 Å². The van der Waals surface area contributed by atoms with Gasteiger partial charge in [0.2, 0.25) is 0 Å². The Labute approximate surface area is 99.5 Å². The molecule has 0 aliphatic heterocycles. The van der Waals surface area contributed by atoms with Gasteiger partial charge in [0.1, 0.15) is 11.8 Å². The summed E-state index contributed by atoms with van der Waals surface area (Å²) in [5.74, 6) is 0.162. The second-order valence-electron chi connectivity index (χ2n) is 2.85. The van der Waals surface area contributed by atoms with E-state index >= 15 is 0 Å². The first-order valence-electron chi connectivity index (χ1n) is 4.89. The van der Waals surface area contributed by atoms with E-state index in [0.717, 1.165) is 0 Å². The largest absolute Gasteiger partial charge is 0.707 e. The third kappa shape index (κ3) is 7.33. The van der Waals surface area contributed by atoms with E-state index in [2.05, 4.69) is 4.65 Å². The molecule has 0 heterocycles. The van der Waals surface area contributed by atoms with Gasteiger partial charge in [0, 0.05) is 13.2 Å². The van der Waals surface area contributed by atoms with Gasteiger partial charge in [-0.15, -0.1) is 0 Å². The van der Waals surface area contributed by atoms with Crippen LogP contribution in [-0.2, 0) is 0 Å². The zero-order chi connectivity index (χ0) is 13.1. The Morgan fingerprint density at radius 2 is 1.76 bits per heavy atom. The summed E-state index contributed by atoms with van der Waals surface area (Å²) in [6.07, 6.45) is 0.500. The Morgan fingerprint density at radius 1 is 1.18 bits per heavy atom. The lowest BCUT2D eigenvalue weighted by Crippen LogP contribution is -2.21. The molecule has 1 aromatic rings. The summed E-state index contributed by atoms with van der Waals surface area (Å²) in [7, 11) is -1.89. The van der Waals surface area contributed by atoms with Crippen LogP contribution in [-0.4, -0.2) is 40.8 Å². The summed E-state index contributed by atoms with van der Waals surface area (Å²) in [5, 5.41) is 41.2. The molecule has 6 nitrogen and oxygen atoms in total. The number of para-hydroxylation sites is 1. The fraction of sp³-hybridized carbons (Fsp3) is 0.300. The van der Waals surface area contributed by atoms with Gasteiger partial charge in [-0.1, -0.05) is 12.1 Å². The van der Waals surface area contributed by atoms with E-state index in [-0.39, 0.29) is 24.5 Å². The molecule has 0 radical (unpaired) electrons. The third-order valence-corrected chi connectivity index (χ3v) is 1.56. The monoisotopic (exact) mass is 239 g/mol. The normalized spacial score (nSPS) is 8.65. The zero-order valence-electron chi connectivity index (χ0n) is 9.15. The highest BCUT2D eigenvalue weighted by Crippen LogP contribution is 2.16. The molecule has 0 aromatic heterocycles. The molecule has 0 aliphatic carbocycles. The van der Waals surface area contributed by atoms with Crippen LogP contribution in [0, 0.1) is 11.3 Å². The molecule has 0 aliphatic rings. The number of aliphatic hydroxyl groups excluding tert-OH is 2. The first kappa shape index (κ1) is 15.4. The van der Waals surface area contributed by atoms with Crippen molar-refractivity contribution in [1.82, 2.24) is 0 Å². The van der Waals surface area contributed by atoms with Gasteiger partial charge in [0.05, 0.1) is 5.56 Å². The van der Waals surface area contributed by atoms with Crippen LogP contribution >= 0.6 is 0 Å². The van der Waals surface area contributed by atoms with E-state index in [9.17, 15) is 0 Å². The van der Waals surface area contributed by atoms with Crippen LogP contribution in [0.2, 0.25) is 0 Å². The molecule has 4 N–H and O–H groups in total. The zero-order valence-corrected chi connectivity index (χ0v) is 9.15. The van der Waals surface area contributed by atoms with Crippen LogP contribution in [0.25, 0.3) is 0 Å². The van der Waals surface area contributed by atoms with E-state index in [1.54, 1.807) is 12.1 Å². The molecule has 92 valence electrons. The first-order chi connectivity index (χ1) is 8.15. The number of rotatable bonds is 4. The Bertz CT molecular complexity index is 351. The maximum atomic E-state index is 8.54. The Kier molecular flexibility index (Phi) is 8.73. The maximum Gasteiger partial charge on any atom is 0.707 e. The molecule has 7 heteroatoms. The van der Waals surface area contributed by atoms with Gasteiger partial charge >= 0.3 is 7.32 Å². The van der Waals surface area contributed by atoms with Crippen LogP contribution in [0.5, 0.6) is 5.75 Å². The van der Waals surface area contributed by atoms with Crippen molar-refractivity contribution in [3.05, 3.63) is 29.8 Å². The fourth-order valence-corrected chi connectivity index (χ4v) is 0.846. The summed E-state index contributed by atoms with van der Waals surface area (Å²) in [4.78, 5) is 0. The SMILES string of the molecule is N#Cc1ccccc1OB(O)O.OCCCO. The highest BCUT2D eigenvalue weighted by Gasteiger charge is 2.13. The van der Waals surface area contributed by atoms with Gasteiger partial charge in [0.25, 0.3) is 0 Å². The molecule has 0 saturated heterocycles. The summed E-state index contributed by atoms with van der Waals surface area (Å²) in [6, 6.07) is 8.16. The second-order valence-corrected chi connectivity index (χ2v) is 2.85. The number of benzene rings is 1. The quantitative estimate of drug-likeness (QED) is 0.515. The predicted molar refractivity (Wildman–Crippen MR) is 60.8 cm³/mol. The van der Waals surface area contributed by atoms with E-state index in [0.29, 0.717) is 6.42 Å². The van der Waals surface area contributed by atoms with Gasteiger partial charge < -0.3 is 24.9 Å². The minimum Gasteiger partial charge on any atom is -0.511 e. The highest BCUT2D eigenvalue weighted by molar-refractivity contribution is 6.33. The highest BCUT2D eigenvalue weighted by atomic mass is 16.6. The van der Waals surface area contributed by atoms with Crippen molar-refractivity contribution in [2.24, 2.45) is 0 Å². The molecular weight excluding hydrogens is 225 g/mol. The molecule has 1 rings (SSSR count). The maximum absolute atomic E-state index is 8.54. The smallest absolute Gasteiger partial charge is 0.511 e. The van der Waals surface area contributed by atoms with Gasteiger partial charge in [-0.25, -0.2) is 0 Å². The van der Waals surface area contributed by atoms with E-state index in [1.165, 1.54) is 12.1 Å². The predicted octanol–water partition coefficient (Wildman–Crippen LogP) is -0.732. The number of nitriles is 1. The molecule has 0 unspecified atom stereocenters.